The zero-order valence-electron chi connectivity index (χ0n) is 7.58. The first-order valence-corrected chi connectivity index (χ1v) is 4.33. The molecule has 0 amide bonds. The van der Waals surface area contributed by atoms with E-state index in [0.717, 1.165) is 0 Å². The third-order valence-corrected chi connectivity index (χ3v) is 1.78. The van der Waals surface area contributed by atoms with Gasteiger partial charge < -0.3 is 8.92 Å². The van der Waals surface area contributed by atoms with Crippen molar-refractivity contribution in [3.8, 4) is 0 Å². The van der Waals surface area contributed by atoms with Gasteiger partial charge in [0, 0.05) is 17.9 Å². The number of pyridine rings is 1. The molecule has 3 nitrogen and oxygen atoms in total. The molecule has 3 rings (SSSR count). The summed E-state index contributed by atoms with van der Waals surface area (Å²) in [6.07, 6.45) is 7.17. The molecular formula is C11H10N2O. The lowest BCUT2D eigenvalue weighted by Gasteiger charge is -1.88. The van der Waals surface area contributed by atoms with E-state index in [0.29, 0.717) is 0 Å². The van der Waals surface area contributed by atoms with Crippen molar-refractivity contribution in [3.05, 3.63) is 61.3 Å². The van der Waals surface area contributed by atoms with Crippen molar-refractivity contribution in [2.45, 2.75) is 0 Å². The highest BCUT2D eigenvalue weighted by Gasteiger charge is 1.83. The molecule has 3 aromatic heterocycles. The summed E-state index contributed by atoms with van der Waals surface area (Å²) in [5.74, 6) is 0. The average Bonchev–Trinajstić information content (AvgIpc) is 2.92. The third kappa shape index (κ3) is 2.01. The second-order valence-corrected chi connectivity index (χ2v) is 2.73. The Labute approximate surface area is 81.6 Å². The summed E-state index contributed by atoms with van der Waals surface area (Å²) in [7, 11) is 0. The minimum Gasteiger partial charge on any atom is -0.365 e. The van der Waals surface area contributed by atoms with Gasteiger partial charge in [0.1, 0.15) is 6.26 Å². The number of hydrogen-bond acceptors (Lipinski definition) is 2. The molecule has 0 atom stereocenters. The average molecular weight is 186 g/mol. The quantitative estimate of drug-likeness (QED) is 0.540. The Hall–Kier alpha value is -2.03. The van der Waals surface area contributed by atoms with Crippen LogP contribution in [0.1, 0.15) is 0 Å². The van der Waals surface area contributed by atoms with Crippen LogP contribution in [0.25, 0.3) is 5.52 Å². The van der Waals surface area contributed by atoms with Crippen molar-refractivity contribution in [2.24, 2.45) is 0 Å². The van der Waals surface area contributed by atoms with Crippen molar-refractivity contribution in [2.75, 3.05) is 0 Å². The number of aromatic nitrogens is 2. The fourth-order valence-corrected chi connectivity index (χ4v) is 1.16. The van der Waals surface area contributed by atoms with Gasteiger partial charge in [-0.3, -0.25) is 0 Å². The molecule has 0 aliphatic carbocycles. The van der Waals surface area contributed by atoms with Gasteiger partial charge in [-0.05, 0) is 30.3 Å². The summed E-state index contributed by atoms with van der Waals surface area (Å²) in [4.78, 5) is 0. The van der Waals surface area contributed by atoms with Gasteiger partial charge >= 0.3 is 0 Å². The second kappa shape index (κ2) is 4.28. The van der Waals surface area contributed by atoms with E-state index in [1.807, 2.05) is 30.6 Å². The topological polar surface area (TPSA) is 30.4 Å². The highest BCUT2D eigenvalue weighted by atomic mass is 16.5. The number of fused-ring (bicyclic) bond motifs is 1. The van der Waals surface area contributed by atoms with Gasteiger partial charge in [-0.1, -0.05) is 11.2 Å². The van der Waals surface area contributed by atoms with Crippen molar-refractivity contribution >= 4 is 5.52 Å². The molecule has 14 heavy (non-hydrogen) atoms. The van der Waals surface area contributed by atoms with Crippen LogP contribution in [0.2, 0.25) is 0 Å². The van der Waals surface area contributed by atoms with Crippen molar-refractivity contribution in [3.63, 3.8) is 0 Å². The van der Waals surface area contributed by atoms with Crippen LogP contribution >= 0.6 is 0 Å². The third-order valence-electron chi connectivity index (χ3n) is 1.78. The molecule has 0 saturated heterocycles. The predicted molar refractivity (Wildman–Crippen MR) is 53.9 cm³/mol. The summed E-state index contributed by atoms with van der Waals surface area (Å²) in [6.45, 7) is 0. The standard InChI is InChI=1S/C8H7N.C3H3NO/c1-2-6-9-7-3-5-8(9)4-1;1-2-4-5-3-1/h1-7H;1-3H. The molecule has 0 aliphatic heterocycles. The molecule has 3 aromatic rings. The Morgan fingerprint density at radius 2 is 1.86 bits per heavy atom. The fourth-order valence-electron chi connectivity index (χ4n) is 1.16. The lowest BCUT2D eigenvalue weighted by molar-refractivity contribution is 0.420. The zero-order chi connectivity index (χ0) is 9.64. The summed E-state index contributed by atoms with van der Waals surface area (Å²) >= 11 is 0. The largest absolute Gasteiger partial charge is 0.365 e. The molecule has 0 aromatic carbocycles. The summed E-state index contributed by atoms with van der Waals surface area (Å²) in [6, 6.07) is 12.0. The van der Waals surface area contributed by atoms with Crippen molar-refractivity contribution in [1.82, 2.24) is 9.56 Å². The molecule has 3 heteroatoms. The Balaban J connectivity index is 0.000000128. The molecular weight excluding hydrogens is 176 g/mol. The first-order chi connectivity index (χ1) is 6.97. The molecule has 0 aliphatic rings. The Kier molecular flexibility index (Phi) is 2.62. The highest BCUT2D eigenvalue weighted by molar-refractivity contribution is 5.46. The first-order valence-electron chi connectivity index (χ1n) is 4.33. The molecule has 3 heterocycles. The fraction of sp³-hybridized carbons (Fsp3) is 0. The molecule has 0 fully saturated rings. The molecule has 0 saturated carbocycles. The molecule has 0 radical (unpaired) electrons. The van der Waals surface area contributed by atoms with Crippen molar-refractivity contribution in [1.29, 1.82) is 0 Å². The Morgan fingerprint density at radius 1 is 1.00 bits per heavy atom. The van der Waals surface area contributed by atoms with Crippen LogP contribution in [0.5, 0.6) is 0 Å². The summed E-state index contributed by atoms with van der Waals surface area (Å²) < 4.78 is 6.42. The van der Waals surface area contributed by atoms with Crippen LogP contribution < -0.4 is 0 Å². The first kappa shape index (κ1) is 8.56. The normalized spacial score (nSPS) is 9.43. The van der Waals surface area contributed by atoms with Crippen LogP contribution in [-0.4, -0.2) is 9.56 Å². The number of rotatable bonds is 0. The van der Waals surface area contributed by atoms with E-state index in [1.165, 1.54) is 11.8 Å². The van der Waals surface area contributed by atoms with E-state index in [4.69, 9.17) is 0 Å². The Bertz CT molecular complexity index is 423. The van der Waals surface area contributed by atoms with Gasteiger partial charge in [0.25, 0.3) is 0 Å². The smallest absolute Gasteiger partial charge is 0.123 e. The SMILES string of the molecule is c1ccn2cccc2c1.c1cnoc1. The molecule has 70 valence electrons. The van der Waals surface area contributed by atoms with Crippen LogP contribution in [0.15, 0.2) is 65.8 Å². The van der Waals surface area contributed by atoms with E-state index in [-0.39, 0.29) is 0 Å². The van der Waals surface area contributed by atoms with E-state index in [9.17, 15) is 0 Å². The van der Waals surface area contributed by atoms with E-state index in [1.54, 1.807) is 12.3 Å². The second-order valence-electron chi connectivity index (χ2n) is 2.73. The molecule has 0 unspecified atom stereocenters. The van der Waals surface area contributed by atoms with Gasteiger partial charge in [-0.25, -0.2) is 0 Å². The number of nitrogens with zero attached hydrogens (tertiary/aromatic N) is 2. The van der Waals surface area contributed by atoms with Crippen LogP contribution in [-0.2, 0) is 0 Å². The minimum atomic E-state index is 1.25. The maximum Gasteiger partial charge on any atom is 0.123 e. The number of hydrogen-bond donors (Lipinski definition) is 0. The monoisotopic (exact) mass is 186 g/mol. The highest BCUT2D eigenvalue weighted by Crippen LogP contribution is 2.01. The maximum atomic E-state index is 4.33. The molecule has 0 bridgehead atoms. The van der Waals surface area contributed by atoms with Gasteiger partial charge in [0.2, 0.25) is 0 Å². The summed E-state index contributed by atoms with van der Waals surface area (Å²) in [5, 5.41) is 3.35. The van der Waals surface area contributed by atoms with Gasteiger partial charge in [-0.2, -0.15) is 0 Å². The van der Waals surface area contributed by atoms with Gasteiger partial charge in [0.05, 0.1) is 6.20 Å². The van der Waals surface area contributed by atoms with E-state index in [2.05, 4.69) is 26.2 Å². The maximum absolute atomic E-state index is 4.33. The van der Waals surface area contributed by atoms with Crippen LogP contribution in [0.3, 0.4) is 0 Å². The predicted octanol–water partition coefficient (Wildman–Crippen LogP) is 2.61. The Morgan fingerprint density at radius 3 is 2.50 bits per heavy atom. The van der Waals surface area contributed by atoms with Crippen LogP contribution in [0, 0.1) is 0 Å². The molecule has 0 spiro atoms. The van der Waals surface area contributed by atoms with Gasteiger partial charge in [0.15, 0.2) is 0 Å². The van der Waals surface area contributed by atoms with E-state index < -0.39 is 0 Å². The lowest BCUT2D eigenvalue weighted by atomic mass is 10.4. The van der Waals surface area contributed by atoms with Gasteiger partial charge in [-0.15, -0.1) is 0 Å². The zero-order valence-corrected chi connectivity index (χ0v) is 7.58. The molecule has 0 N–H and O–H groups in total. The van der Waals surface area contributed by atoms with Crippen LogP contribution in [0.4, 0.5) is 0 Å². The minimum absolute atomic E-state index is 1.25. The van der Waals surface area contributed by atoms with Crippen molar-refractivity contribution < 1.29 is 4.52 Å². The lowest BCUT2D eigenvalue weighted by Crippen LogP contribution is -1.75. The summed E-state index contributed by atoms with van der Waals surface area (Å²) in [5.41, 5.74) is 1.25. The van der Waals surface area contributed by atoms with E-state index >= 15 is 0 Å².